The van der Waals surface area contributed by atoms with Gasteiger partial charge in [-0.25, -0.2) is 0 Å². The molecule has 3 nitrogen and oxygen atoms in total. The van der Waals surface area contributed by atoms with Crippen LogP contribution in [-0.4, -0.2) is 37.5 Å². The molecule has 1 fully saturated rings. The van der Waals surface area contributed by atoms with Crippen LogP contribution >= 0.6 is 0 Å². The van der Waals surface area contributed by atoms with Crippen LogP contribution in [0.3, 0.4) is 0 Å². The van der Waals surface area contributed by atoms with Crippen molar-refractivity contribution in [1.29, 1.82) is 0 Å². The van der Waals surface area contributed by atoms with Crippen LogP contribution in [0.4, 0.5) is 0 Å². The van der Waals surface area contributed by atoms with E-state index in [9.17, 15) is 5.11 Å². The molecule has 3 heteroatoms. The predicted molar refractivity (Wildman–Crippen MR) is 68.8 cm³/mol. The number of methoxy groups -OCH3 is 1. The lowest BCUT2D eigenvalue weighted by Crippen LogP contribution is -2.44. The van der Waals surface area contributed by atoms with Crippen LogP contribution in [0.15, 0.2) is 12.2 Å². The van der Waals surface area contributed by atoms with E-state index in [0.29, 0.717) is 19.2 Å². The molecule has 2 bridgehead atoms. The number of nitrogens with one attached hydrogen (secondary N) is 1. The van der Waals surface area contributed by atoms with Gasteiger partial charge in [-0.15, -0.1) is 0 Å². The first-order chi connectivity index (χ1) is 8.20. The molecule has 0 aliphatic heterocycles. The maximum absolute atomic E-state index is 9.63. The molecule has 0 spiro atoms. The molecular formula is C14H25NO2. The Bertz CT molecular complexity index is 267. The Labute approximate surface area is 104 Å². The molecule has 0 radical (unpaired) electrons. The summed E-state index contributed by atoms with van der Waals surface area (Å²) in [6.07, 6.45) is 8.45. The Hall–Kier alpha value is -0.380. The second-order valence-electron chi connectivity index (χ2n) is 5.59. The van der Waals surface area contributed by atoms with E-state index in [0.717, 1.165) is 17.8 Å². The van der Waals surface area contributed by atoms with Crippen LogP contribution < -0.4 is 5.32 Å². The van der Waals surface area contributed by atoms with E-state index in [1.165, 1.54) is 19.3 Å². The first-order valence-electron chi connectivity index (χ1n) is 6.79. The number of hydrogen-bond donors (Lipinski definition) is 2. The summed E-state index contributed by atoms with van der Waals surface area (Å²) in [6.45, 7) is 3.29. The molecule has 3 aliphatic rings. The molecule has 0 aromatic rings. The molecule has 1 saturated carbocycles. The molecule has 5 atom stereocenters. The predicted octanol–water partition coefficient (Wildman–Crippen LogP) is 1.57. The maximum atomic E-state index is 9.63. The summed E-state index contributed by atoms with van der Waals surface area (Å²) in [5.41, 5.74) is 0. The minimum atomic E-state index is -0.390. The highest BCUT2D eigenvalue weighted by molar-refractivity contribution is 5.07. The summed E-state index contributed by atoms with van der Waals surface area (Å²) >= 11 is 0. The van der Waals surface area contributed by atoms with Crippen molar-refractivity contribution >= 4 is 0 Å². The van der Waals surface area contributed by atoms with E-state index in [1.54, 1.807) is 7.11 Å². The minimum absolute atomic E-state index is 0.390. The molecule has 0 aromatic heterocycles. The molecule has 0 heterocycles. The summed E-state index contributed by atoms with van der Waals surface area (Å²) in [5.74, 6) is 2.30. The average molecular weight is 239 g/mol. The van der Waals surface area contributed by atoms with Gasteiger partial charge in [0, 0.05) is 19.7 Å². The van der Waals surface area contributed by atoms with E-state index >= 15 is 0 Å². The fourth-order valence-corrected chi connectivity index (χ4v) is 3.28. The van der Waals surface area contributed by atoms with Crippen molar-refractivity contribution in [2.45, 2.75) is 38.3 Å². The summed E-state index contributed by atoms with van der Waals surface area (Å²) in [7, 11) is 1.62. The fourth-order valence-electron chi connectivity index (χ4n) is 3.28. The second kappa shape index (κ2) is 5.98. The van der Waals surface area contributed by atoms with Crippen LogP contribution in [0, 0.1) is 17.8 Å². The quantitative estimate of drug-likeness (QED) is 0.691. The van der Waals surface area contributed by atoms with Crippen molar-refractivity contribution in [3.8, 4) is 0 Å². The highest BCUT2D eigenvalue weighted by Crippen LogP contribution is 2.41. The number of rotatable bonds is 6. The molecule has 0 amide bonds. The molecule has 0 aromatic carbocycles. The van der Waals surface area contributed by atoms with Gasteiger partial charge in [0.15, 0.2) is 0 Å². The number of aliphatic hydroxyl groups excluding tert-OH is 1. The van der Waals surface area contributed by atoms with Crippen LogP contribution in [0.1, 0.15) is 26.2 Å². The minimum Gasteiger partial charge on any atom is -0.389 e. The maximum Gasteiger partial charge on any atom is 0.0897 e. The average Bonchev–Trinajstić information content (AvgIpc) is 2.37. The number of ether oxygens (including phenoxy) is 1. The van der Waals surface area contributed by atoms with Gasteiger partial charge in [-0.05, 0) is 43.9 Å². The summed E-state index contributed by atoms with van der Waals surface area (Å²) in [6, 6.07) is 0.485. The zero-order valence-corrected chi connectivity index (χ0v) is 10.9. The van der Waals surface area contributed by atoms with Crippen LogP contribution in [0.25, 0.3) is 0 Å². The summed E-state index contributed by atoms with van der Waals surface area (Å²) in [4.78, 5) is 0. The normalized spacial score (nSPS) is 34.9. The lowest BCUT2D eigenvalue weighted by molar-refractivity contribution is 0.0588. The van der Waals surface area contributed by atoms with Gasteiger partial charge in [0.25, 0.3) is 0 Å². The number of fused-ring (bicyclic) bond motifs is 2. The lowest BCUT2D eigenvalue weighted by Gasteiger charge is -2.41. The van der Waals surface area contributed by atoms with E-state index < -0.39 is 6.10 Å². The van der Waals surface area contributed by atoms with Crippen molar-refractivity contribution < 1.29 is 9.84 Å². The molecule has 0 saturated heterocycles. The Morgan fingerprint density at radius 3 is 2.76 bits per heavy atom. The van der Waals surface area contributed by atoms with Gasteiger partial charge < -0.3 is 15.2 Å². The van der Waals surface area contributed by atoms with Gasteiger partial charge in [-0.1, -0.05) is 12.2 Å². The Kier molecular flexibility index (Phi) is 4.60. The topological polar surface area (TPSA) is 41.5 Å². The molecular weight excluding hydrogens is 214 g/mol. The Balaban J connectivity index is 1.77. The molecule has 98 valence electrons. The highest BCUT2D eigenvalue weighted by Gasteiger charge is 2.34. The lowest BCUT2D eigenvalue weighted by atomic mass is 9.67. The standard InChI is InChI=1S/C14H25NO2/c1-10(15-8-13(16)9-17-2)14-7-11-3-5-12(14)6-4-11/h3,5,10-16H,4,6-9H2,1-2H3. The Morgan fingerprint density at radius 1 is 1.41 bits per heavy atom. The fraction of sp³-hybridized carbons (Fsp3) is 0.857. The third-order valence-corrected chi connectivity index (χ3v) is 4.30. The first-order valence-corrected chi connectivity index (χ1v) is 6.79. The van der Waals surface area contributed by atoms with E-state index in [-0.39, 0.29) is 0 Å². The number of hydrogen-bond acceptors (Lipinski definition) is 3. The number of allylic oxidation sites excluding steroid dienone is 2. The van der Waals surface area contributed by atoms with Crippen LogP contribution in [0.2, 0.25) is 0 Å². The van der Waals surface area contributed by atoms with Gasteiger partial charge in [0.1, 0.15) is 0 Å². The molecule has 17 heavy (non-hydrogen) atoms. The summed E-state index contributed by atoms with van der Waals surface area (Å²) in [5, 5.41) is 13.1. The monoisotopic (exact) mass is 239 g/mol. The zero-order valence-electron chi connectivity index (χ0n) is 10.9. The van der Waals surface area contributed by atoms with E-state index in [2.05, 4.69) is 24.4 Å². The van der Waals surface area contributed by atoms with E-state index in [4.69, 9.17) is 4.74 Å². The van der Waals surface area contributed by atoms with Gasteiger partial charge in [-0.3, -0.25) is 0 Å². The van der Waals surface area contributed by atoms with Gasteiger partial charge in [-0.2, -0.15) is 0 Å². The van der Waals surface area contributed by atoms with Crippen molar-refractivity contribution in [1.82, 2.24) is 5.32 Å². The molecule has 2 N–H and O–H groups in total. The zero-order chi connectivity index (χ0) is 12.3. The van der Waals surface area contributed by atoms with Crippen molar-refractivity contribution in [3.05, 3.63) is 12.2 Å². The molecule has 3 aliphatic carbocycles. The highest BCUT2D eigenvalue weighted by atomic mass is 16.5. The van der Waals surface area contributed by atoms with Gasteiger partial charge in [0.2, 0.25) is 0 Å². The number of aliphatic hydroxyl groups is 1. The molecule has 3 rings (SSSR count). The van der Waals surface area contributed by atoms with Crippen molar-refractivity contribution in [2.24, 2.45) is 17.8 Å². The first kappa shape index (κ1) is 13.1. The van der Waals surface area contributed by atoms with Crippen molar-refractivity contribution in [3.63, 3.8) is 0 Å². The second-order valence-corrected chi connectivity index (χ2v) is 5.59. The van der Waals surface area contributed by atoms with Gasteiger partial charge >= 0.3 is 0 Å². The Morgan fingerprint density at radius 2 is 2.24 bits per heavy atom. The smallest absolute Gasteiger partial charge is 0.0897 e. The SMILES string of the molecule is COCC(O)CNC(C)C1CC2C=CC1CC2. The van der Waals surface area contributed by atoms with Crippen LogP contribution in [0.5, 0.6) is 0 Å². The van der Waals surface area contributed by atoms with Crippen molar-refractivity contribution in [2.75, 3.05) is 20.3 Å². The third-order valence-electron chi connectivity index (χ3n) is 4.30. The van der Waals surface area contributed by atoms with Crippen LogP contribution in [-0.2, 0) is 4.74 Å². The molecule has 5 unspecified atom stereocenters. The van der Waals surface area contributed by atoms with Gasteiger partial charge in [0.05, 0.1) is 12.7 Å². The van der Waals surface area contributed by atoms with E-state index in [1.807, 2.05) is 0 Å². The summed E-state index contributed by atoms with van der Waals surface area (Å²) < 4.78 is 4.93. The largest absolute Gasteiger partial charge is 0.389 e. The third kappa shape index (κ3) is 3.30.